The third-order valence-corrected chi connectivity index (χ3v) is 2.48. The SMILES string of the molecule is [2H]N1CCc2c([nH]c3ccccc23)C1([2H])[2H]. The molecular formula is C11H12N2. The van der Waals surface area contributed by atoms with Crippen LogP contribution in [0.1, 0.15) is 14.0 Å². The van der Waals surface area contributed by atoms with E-state index in [2.05, 4.69) is 4.98 Å². The molecule has 0 saturated carbocycles. The molecule has 2 heteroatoms. The molecule has 0 radical (unpaired) electrons. The van der Waals surface area contributed by atoms with E-state index in [1.807, 2.05) is 24.3 Å². The van der Waals surface area contributed by atoms with E-state index in [1.165, 1.54) is 0 Å². The molecule has 66 valence electrons. The maximum Gasteiger partial charge on any atom is 0.123 e. The summed E-state index contributed by atoms with van der Waals surface area (Å²) < 4.78 is 23.5. The monoisotopic (exact) mass is 175 g/mol. The molecule has 0 amide bonds. The molecule has 0 bridgehead atoms. The standard InChI is InChI=1S/C11H12N2/c1-2-4-10-8(3-1)9-5-6-12-7-11(9)13-10/h1-4,12-13H,5-7H2/i7D2/hD. The summed E-state index contributed by atoms with van der Waals surface area (Å²) in [6.07, 6.45) is 0.725. The van der Waals surface area contributed by atoms with Gasteiger partial charge in [0.25, 0.3) is 0 Å². The molecule has 0 saturated heterocycles. The van der Waals surface area contributed by atoms with Crippen molar-refractivity contribution in [3.63, 3.8) is 0 Å². The Labute approximate surface area is 81.2 Å². The van der Waals surface area contributed by atoms with Crippen LogP contribution in [-0.2, 0) is 12.9 Å². The van der Waals surface area contributed by atoms with E-state index in [1.54, 1.807) is 0 Å². The fourth-order valence-corrected chi connectivity index (χ4v) is 1.86. The molecule has 2 heterocycles. The number of hydrogen-bond donors (Lipinski definition) is 2. The third kappa shape index (κ3) is 0.988. The normalized spacial score (nSPS) is 24.8. The first-order valence-corrected chi connectivity index (χ1v) is 4.47. The van der Waals surface area contributed by atoms with Crippen molar-refractivity contribution in [2.45, 2.75) is 12.9 Å². The minimum atomic E-state index is -1.72. The van der Waals surface area contributed by atoms with Gasteiger partial charge in [-0.05, 0) is 24.6 Å². The molecule has 1 aromatic carbocycles. The van der Waals surface area contributed by atoms with Crippen molar-refractivity contribution >= 4 is 10.9 Å². The van der Waals surface area contributed by atoms with Gasteiger partial charge in [0.05, 0.1) is 0 Å². The molecular weight excluding hydrogens is 160 g/mol. The molecule has 2 aromatic rings. The van der Waals surface area contributed by atoms with Crippen LogP contribution in [0.15, 0.2) is 24.3 Å². The Bertz CT molecular complexity index is 547. The molecule has 0 spiro atoms. The molecule has 0 aliphatic carbocycles. The second-order valence-corrected chi connectivity index (χ2v) is 3.27. The maximum absolute atomic E-state index is 7.92. The lowest BCUT2D eigenvalue weighted by Gasteiger charge is -2.12. The van der Waals surface area contributed by atoms with Crippen LogP contribution in [0.3, 0.4) is 0 Å². The first-order chi connectivity index (χ1) is 7.60. The molecule has 1 aliphatic heterocycles. The van der Waals surface area contributed by atoms with Crippen molar-refractivity contribution in [3.8, 4) is 0 Å². The van der Waals surface area contributed by atoms with Crippen LogP contribution in [-0.4, -0.2) is 11.5 Å². The van der Waals surface area contributed by atoms with Crippen LogP contribution in [0.4, 0.5) is 0 Å². The fourth-order valence-electron chi connectivity index (χ4n) is 1.86. The van der Waals surface area contributed by atoms with E-state index in [9.17, 15) is 0 Å². The molecule has 2 N–H and O–H groups in total. The highest BCUT2D eigenvalue weighted by Crippen LogP contribution is 2.24. The lowest BCUT2D eigenvalue weighted by Crippen LogP contribution is -2.22. The van der Waals surface area contributed by atoms with Gasteiger partial charge in [0.1, 0.15) is 1.41 Å². The van der Waals surface area contributed by atoms with Crippen LogP contribution in [0.5, 0.6) is 0 Å². The molecule has 1 aliphatic rings. The van der Waals surface area contributed by atoms with Gasteiger partial charge in [-0.2, -0.15) is 0 Å². The second-order valence-electron chi connectivity index (χ2n) is 3.27. The molecule has 2 nitrogen and oxygen atoms in total. The quantitative estimate of drug-likeness (QED) is 0.628. The predicted molar refractivity (Wildman–Crippen MR) is 53.7 cm³/mol. The fraction of sp³-hybridized carbons (Fsp3) is 0.273. The Hall–Kier alpha value is -1.28. The topological polar surface area (TPSA) is 27.8 Å². The van der Waals surface area contributed by atoms with Crippen LogP contribution in [0, 0.1) is 0 Å². The zero-order chi connectivity index (χ0) is 11.3. The van der Waals surface area contributed by atoms with E-state index >= 15 is 0 Å². The van der Waals surface area contributed by atoms with Crippen molar-refractivity contribution in [1.29, 1.82) is 0 Å². The maximum atomic E-state index is 7.92. The highest BCUT2D eigenvalue weighted by molar-refractivity contribution is 5.84. The predicted octanol–water partition coefficient (Wildman–Crippen LogP) is 1.81. The lowest BCUT2D eigenvalue weighted by atomic mass is 10.1. The van der Waals surface area contributed by atoms with E-state index in [-0.39, 0.29) is 0 Å². The van der Waals surface area contributed by atoms with Gasteiger partial charge in [0.2, 0.25) is 0 Å². The molecule has 1 aromatic heterocycles. The molecule has 3 rings (SSSR count). The van der Waals surface area contributed by atoms with Gasteiger partial charge in [-0.3, -0.25) is 0 Å². The Morgan fingerprint density at radius 2 is 2.31 bits per heavy atom. The number of para-hydroxylation sites is 1. The second kappa shape index (κ2) is 2.60. The smallest absolute Gasteiger partial charge is 0.123 e. The summed E-state index contributed by atoms with van der Waals surface area (Å²) in [6.45, 7) is -1.28. The summed E-state index contributed by atoms with van der Waals surface area (Å²) in [5.41, 5.74) is 2.51. The molecule has 13 heavy (non-hydrogen) atoms. The minimum absolute atomic E-state index is 0.432. The van der Waals surface area contributed by atoms with Crippen LogP contribution in [0.2, 0.25) is 1.41 Å². The summed E-state index contributed by atoms with van der Waals surface area (Å²) in [6, 6.07) is 7.83. The average molecular weight is 175 g/mol. The number of benzene rings is 1. The van der Waals surface area contributed by atoms with E-state index in [0.717, 1.165) is 28.2 Å². The summed E-state index contributed by atoms with van der Waals surface area (Å²) in [5.74, 6) is 0. The van der Waals surface area contributed by atoms with Crippen LogP contribution < -0.4 is 5.31 Å². The zero-order valence-corrected chi connectivity index (χ0v) is 7.17. The highest BCUT2D eigenvalue weighted by Gasteiger charge is 2.13. The van der Waals surface area contributed by atoms with E-state index in [0.29, 0.717) is 12.2 Å². The summed E-state index contributed by atoms with van der Waals surface area (Å²) >= 11 is 0. The van der Waals surface area contributed by atoms with Crippen molar-refractivity contribution in [1.82, 2.24) is 10.3 Å². The Morgan fingerprint density at radius 3 is 3.31 bits per heavy atom. The minimum Gasteiger partial charge on any atom is -0.357 e. The van der Waals surface area contributed by atoms with Crippen molar-refractivity contribution in [3.05, 3.63) is 35.5 Å². The van der Waals surface area contributed by atoms with Crippen molar-refractivity contribution in [2.75, 3.05) is 6.54 Å². The van der Waals surface area contributed by atoms with Gasteiger partial charge in [-0.1, -0.05) is 18.2 Å². The van der Waals surface area contributed by atoms with Crippen LogP contribution in [0.25, 0.3) is 10.9 Å². The van der Waals surface area contributed by atoms with Gasteiger partial charge in [0, 0.05) is 25.8 Å². The van der Waals surface area contributed by atoms with Gasteiger partial charge in [-0.25, -0.2) is 0 Å². The Kier molecular flexibility index (Phi) is 0.965. The van der Waals surface area contributed by atoms with Gasteiger partial charge >= 0.3 is 0 Å². The molecule has 0 unspecified atom stereocenters. The van der Waals surface area contributed by atoms with Gasteiger partial charge in [0.15, 0.2) is 0 Å². The Morgan fingerprint density at radius 1 is 1.38 bits per heavy atom. The number of fused-ring (bicyclic) bond motifs is 3. The van der Waals surface area contributed by atoms with E-state index in [4.69, 9.17) is 4.15 Å². The highest BCUT2D eigenvalue weighted by atomic mass is 14.9. The van der Waals surface area contributed by atoms with E-state index < -0.39 is 6.50 Å². The summed E-state index contributed by atoms with van der Waals surface area (Å²) in [4.78, 5) is 3.10. The van der Waals surface area contributed by atoms with Gasteiger partial charge < -0.3 is 10.3 Å². The van der Waals surface area contributed by atoms with Crippen molar-refractivity contribution < 1.29 is 4.15 Å². The first-order valence-electron chi connectivity index (χ1n) is 5.92. The number of rotatable bonds is 0. The first kappa shape index (κ1) is 4.82. The average Bonchev–Trinajstić information content (AvgIpc) is 2.64. The number of nitrogens with one attached hydrogen (secondary N) is 2. The van der Waals surface area contributed by atoms with Crippen LogP contribution >= 0.6 is 0 Å². The largest absolute Gasteiger partial charge is 0.357 e. The molecule has 0 fully saturated rings. The third-order valence-electron chi connectivity index (χ3n) is 2.48. The number of aromatic amines is 1. The number of hydrogen-bond acceptors (Lipinski definition) is 1. The van der Waals surface area contributed by atoms with Crippen molar-refractivity contribution in [2.24, 2.45) is 0 Å². The van der Waals surface area contributed by atoms with Gasteiger partial charge in [-0.15, -0.1) is 0 Å². The lowest BCUT2D eigenvalue weighted by molar-refractivity contribution is 0.637. The zero-order valence-electron chi connectivity index (χ0n) is 10.2. The number of aromatic nitrogens is 1. The summed E-state index contributed by atoms with van der Waals surface area (Å²) in [7, 11) is 0. The number of H-pyrrole nitrogens is 1. The Balaban J connectivity index is 2.31. The summed E-state index contributed by atoms with van der Waals surface area (Å²) in [5, 5.41) is 2.08. The molecule has 0 atom stereocenters.